The molecule has 5 N–H and O–H groups in total. The minimum atomic E-state index is -0.464. The van der Waals surface area contributed by atoms with Crippen LogP contribution in [0.5, 0.6) is 0 Å². The fourth-order valence-electron chi connectivity index (χ4n) is 6.09. The van der Waals surface area contributed by atoms with Gasteiger partial charge in [-0.25, -0.2) is 0 Å². The molecule has 1 amide bonds. The van der Waals surface area contributed by atoms with Crippen molar-refractivity contribution in [2.45, 2.75) is 56.3 Å². The number of aromatic nitrogens is 1. The van der Waals surface area contributed by atoms with Crippen LogP contribution in [0.1, 0.15) is 38.5 Å². The van der Waals surface area contributed by atoms with Gasteiger partial charge in [-0.3, -0.25) is 14.8 Å². The van der Waals surface area contributed by atoms with Gasteiger partial charge in [0.1, 0.15) is 6.17 Å². The van der Waals surface area contributed by atoms with E-state index in [9.17, 15) is 9.90 Å². The molecule has 4 aliphatic carbocycles. The Morgan fingerprint density at radius 1 is 1.21 bits per heavy atom. The monoisotopic (exact) mass is 381 g/mol. The van der Waals surface area contributed by atoms with Crippen molar-refractivity contribution in [1.29, 1.82) is 0 Å². The van der Waals surface area contributed by atoms with E-state index in [0.29, 0.717) is 35.8 Å². The second kappa shape index (κ2) is 6.58. The third-order valence-corrected chi connectivity index (χ3v) is 6.95. The minimum absolute atomic E-state index is 0.171. The zero-order chi connectivity index (χ0) is 19.3. The number of nitrogens with zero attached hydrogens (tertiary/aromatic N) is 2. The van der Waals surface area contributed by atoms with Gasteiger partial charge in [-0.2, -0.15) is 0 Å². The van der Waals surface area contributed by atoms with E-state index in [1.54, 1.807) is 18.6 Å². The molecular weight excluding hydrogens is 354 g/mol. The predicted molar refractivity (Wildman–Crippen MR) is 106 cm³/mol. The molecule has 5 aliphatic rings. The smallest absolute Gasteiger partial charge is 0.252 e. The van der Waals surface area contributed by atoms with E-state index >= 15 is 0 Å². The fraction of sp³-hybridized carbons (Fsp3) is 0.571. The molecule has 1 aliphatic heterocycles. The number of nitrogens with two attached hydrogens (primary N) is 1. The zero-order valence-corrected chi connectivity index (χ0v) is 15.8. The van der Waals surface area contributed by atoms with Crippen molar-refractivity contribution >= 4 is 17.8 Å². The zero-order valence-electron chi connectivity index (χ0n) is 15.8. The summed E-state index contributed by atoms with van der Waals surface area (Å²) < 4.78 is 0. The van der Waals surface area contributed by atoms with Crippen LogP contribution in [0.2, 0.25) is 0 Å². The molecule has 0 spiro atoms. The van der Waals surface area contributed by atoms with E-state index in [1.165, 1.54) is 12.8 Å². The molecule has 7 heteroatoms. The van der Waals surface area contributed by atoms with Crippen LogP contribution in [0.15, 0.2) is 40.8 Å². The molecule has 6 rings (SSSR count). The highest BCUT2D eigenvalue weighted by atomic mass is 16.3. The van der Waals surface area contributed by atoms with Gasteiger partial charge >= 0.3 is 0 Å². The lowest BCUT2D eigenvalue weighted by Gasteiger charge is -2.58. The van der Waals surface area contributed by atoms with E-state index in [-0.39, 0.29) is 6.17 Å². The highest BCUT2D eigenvalue weighted by Gasteiger charge is 2.54. The van der Waals surface area contributed by atoms with E-state index < -0.39 is 11.5 Å². The third kappa shape index (κ3) is 3.17. The summed E-state index contributed by atoms with van der Waals surface area (Å²) >= 11 is 0. The van der Waals surface area contributed by atoms with Gasteiger partial charge in [0.25, 0.3) is 5.91 Å². The lowest BCUT2D eigenvalue weighted by atomic mass is 9.52. The number of dihydropyridines is 1. The highest BCUT2D eigenvalue weighted by molar-refractivity contribution is 6.12. The maximum atomic E-state index is 12.0. The van der Waals surface area contributed by atoms with Crippen LogP contribution >= 0.6 is 0 Å². The number of pyridine rings is 1. The number of rotatable bonds is 5. The molecule has 0 aromatic carbocycles. The third-order valence-electron chi connectivity index (χ3n) is 6.95. The second-order valence-electron chi connectivity index (χ2n) is 9.01. The molecule has 4 saturated carbocycles. The first-order valence-corrected chi connectivity index (χ1v) is 10.2. The summed E-state index contributed by atoms with van der Waals surface area (Å²) in [6.07, 6.45) is 10.5. The standard InChI is InChI=1S/C21H27N5O2/c22-20(27)16-11-24-18(25-15-2-1-3-23-10-15)6-17(16)26-19-13-4-12-5-14(19)9-21(28,7-12)8-13/h1-3,10-14,18-19,25-26,28H,4-9H2,(H2,22,27)/t12?,13-,14+,18?,19-,21-. The largest absolute Gasteiger partial charge is 0.390 e. The van der Waals surface area contributed by atoms with E-state index in [2.05, 4.69) is 20.6 Å². The summed E-state index contributed by atoms with van der Waals surface area (Å²) in [5, 5.41) is 17.9. The number of amides is 1. The average Bonchev–Trinajstić information content (AvgIpc) is 2.64. The van der Waals surface area contributed by atoms with E-state index in [0.717, 1.165) is 30.6 Å². The Hall–Kier alpha value is -2.41. The Balaban J connectivity index is 1.35. The van der Waals surface area contributed by atoms with Crippen molar-refractivity contribution in [2.24, 2.45) is 28.5 Å². The van der Waals surface area contributed by atoms with Crippen LogP contribution < -0.4 is 16.4 Å². The van der Waals surface area contributed by atoms with Gasteiger partial charge < -0.3 is 21.5 Å². The molecule has 6 atom stereocenters. The second-order valence-corrected chi connectivity index (χ2v) is 9.01. The summed E-state index contributed by atoms with van der Waals surface area (Å²) in [5.41, 5.74) is 7.39. The van der Waals surface area contributed by atoms with E-state index in [1.807, 2.05) is 12.1 Å². The Morgan fingerprint density at radius 2 is 2.00 bits per heavy atom. The van der Waals surface area contributed by atoms with Crippen molar-refractivity contribution in [1.82, 2.24) is 10.3 Å². The molecule has 2 heterocycles. The summed E-state index contributed by atoms with van der Waals surface area (Å²) in [6, 6.07) is 4.12. The topological polar surface area (TPSA) is 113 Å². The first-order valence-electron chi connectivity index (χ1n) is 10.2. The first kappa shape index (κ1) is 17.7. The van der Waals surface area contributed by atoms with Gasteiger partial charge in [-0.1, -0.05) is 0 Å². The van der Waals surface area contributed by atoms with E-state index in [4.69, 9.17) is 5.73 Å². The van der Waals surface area contributed by atoms with Crippen LogP contribution in [0, 0.1) is 17.8 Å². The molecule has 4 bridgehead atoms. The first-order chi connectivity index (χ1) is 13.5. The summed E-state index contributed by atoms with van der Waals surface area (Å²) in [6.45, 7) is 0. The van der Waals surface area contributed by atoms with Gasteiger partial charge in [0.05, 0.1) is 16.9 Å². The highest BCUT2D eigenvalue weighted by Crippen LogP contribution is 2.55. The normalized spacial score (nSPS) is 38.5. The Morgan fingerprint density at radius 3 is 2.64 bits per heavy atom. The summed E-state index contributed by atoms with van der Waals surface area (Å²) in [5.74, 6) is 1.12. The fourth-order valence-corrected chi connectivity index (χ4v) is 6.09. The number of carbonyl (C=O) groups excluding carboxylic acids is 1. The SMILES string of the molecule is NC(=O)C1=C(N[C@@H]2[C@@H]3CC4C[C@H]2C[C@@](O)(C4)C3)CC(Nc2cccnc2)N=C1. The molecule has 2 unspecified atom stereocenters. The van der Waals surface area contributed by atoms with Crippen LogP contribution in [-0.4, -0.2) is 40.0 Å². The van der Waals surface area contributed by atoms with Crippen LogP contribution in [0.3, 0.4) is 0 Å². The minimum Gasteiger partial charge on any atom is -0.390 e. The number of nitrogens with one attached hydrogen (secondary N) is 2. The molecular formula is C21H27N5O2. The van der Waals surface area contributed by atoms with Gasteiger partial charge in [-0.15, -0.1) is 0 Å². The van der Waals surface area contributed by atoms with Crippen molar-refractivity contribution in [3.63, 3.8) is 0 Å². The molecule has 4 fully saturated rings. The molecule has 28 heavy (non-hydrogen) atoms. The maximum Gasteiger partial charge on any atom is 0.252 e. The quantitative estimate of drug-likeness (QED) is 0.618. The number of anilines is 1. The van der Waals surface area contributed by atoms with Crippen LogP contribution in [0.25, 0.3) is 0 Å². The number of aliphatic imine (C=N–C) groups is 1. The number of primary amides is 1. The number of aliphatic hydroxyl groups is 1. The van der Waals surface area contributed by atoms with Crippen molar-refractivity contribution in [2.75, 3.05) is 5.32 Å². The number of carbonyl (C=O) groups is 1. The predicted octanol–water partition coefficient (Wildman–Crippen LogP) is 1.56. The van der Waals surface area contributed by atoms with Crippen LogP contribution in [-0.2, 0) is 4.79 Å². The van der Waals surface area contributed by atoms with Crippen LogP contribution in [0.4, 0.5) is 5.69 Å². The maximum absolute atomic E-state index is 12.0. The molecule has 1 aromatic heterocycles. The Labute approximate surface area is 164 Å². The molecule has 148 valence electrons. The van der Waals surface area contributed by atoms with Crippen molar-refractivity contribution in [3.05, 3.63) is 35.8 Å². The Kier molecular flexibility index (Phi) is 4.16. The summed E-state index contributed by atoms with van der Waals surface area (Å²) in [4.78, 5) is 20.6. The molecule has 7 nitrogen and oxygen atoms in total. The van der Waals surface area contributed by atoms with Crippen molar-refractivity contribution < 1.29 is 9.90 Å². The molecule has 1 aromatic rings. The Bertz CT molecular complexity index is 820. The average molecular weight is 381 g/mol. The molecule has 0 saturated heterocycles. The van der Waals surface area contributed by atoms with Gasteiger partial charge in [0.2, 0.25) is 0 Å². The summed E-state index contributed by atoms with van der Waals surface area (Å²) in [7, 11) is 0. The molecule has 0 radical (unpaired) electrons. The number of hydrogen-bond donors (Lipinski definition) is 4. The lowest BCUT2D eigenvalue weighted by Crippen LogP contribution is -2.61. The van der Waals surface area contributed by atoms with Gasteiger partial charge in [0, 0.05) is 36.8 Å². The number of hydrogen-bond acceptors (Lipinski definition) is 6. The lowest BCUT2D eigenvalue weighted by molar-refractivity contribution is -0.137. The van der Waals surface area contributed by atoms with Crippen molar-refractivity contribution in [3.8, 4) is 0 Å². The van der Waals surface area contributed by atoms with Gasteiger partial charge in [0.15, 0.2) is 0 Å². The van der Waals surface area contributed by atoms with Gasteiger partial charge in [-0.05, 0) is 62.0 Å².